The standard InChI is InChI=1S/C18H25ClN4O2/c1-18(2,3)25-17(24)22-14-7-5-6-12(10-14)8-9-13-11-21-16(19)23-15(13)20-4/h11-12,14H,5-7,10H2,1-4H3,(H,22,24)(H,20,21,23)/t12-,14-/m0/s1. The van der Waals surface area contributed by atoms with Gasteiger partial charge in [0, 0.05) is 25.2 Å². The van der Waals surface area contributed by atoms with Gasteiger partial charge in [0.25, 0.3) is 0 Å². The Morgan fingerprint density at radius 3 is 2.84 bits per heavy atom. The minimum atomic E-state index is -0.490. The molecule has 1 aromatic heterocycles. The molecule has 0 saturated heterocycles. The second-order valence-corrected chi connectivity index (χ2v) is 7.47. The van der Waals surface area contributed by atoms with Crippen molar-refractivity contribution in [1.29, 1.82) is 0 Å². The molecule has 0 radical (unpaired) electrons. The molecule has 25 heavy (non-hydrogen) atoms. The molecule has 1 aromatic rings. The second-order valence-electron chi connectivity index (χ2n) is 7.13. The fraction of sp³-hybridized carbons (Fsp3) is 0.611. The summed E-state index contributed by atoms with van der Waals surface area (Å²) in [6.45, 7) is 5.57. The Morgan fingerprint density at radius 2 is 2.16 bits per heavy atom. The highest BCUT2D eigenvalue weighted by atomic mass is 35.5. The van der Waals surface area contributed by atoms with Crippen LogP contribution in [-0.4, -0.2) is 34.8 Å². The van der Waals surface area contributed by atoms with Gasteiger partial charge >= 0.3 is 6.09 Å². The van der Waals surface area contributed by atoms with Gasteiger partial charge in [0.2, 0.25) is 5.28 Å². The van der Waals surface area contributed by atoms with Gasteiger partial charge < -0.3 is 15.4 Å². The topological polar surface area (TPSA) is 76.1 Å². The second kappa shape index (κ2) is 8.39. The number of nitrogens with zero attached hydrogens (tertiary/aromatic N) is 2. The van der Waals surface area contributed by atoms with Gasteiger partial charge in [0.15, 0.2) is 0 Å². The quantitative estimate of drug-likeness (QED) is 0.619. The van der Waals surface area contributed by atoms with Crippen molar-refractivity contribution in [2.24, 2.45) is 5.92 Å². The van der Waals surface area contributed by atoms with E-state index < -0.39 is 5.60 Å². The van der Waals surface area contributed by atoms with Crippen LogP contribution in [0.25, 0.3) is 0 Å². The van der Waals surface area contributed by atoms with Crippen molar-refractivity contribution in [2.75, 3.05) is 12.4 Å². The summed E-state index contributed by atoms with van der Waals surface area (Å²) in [6.07, 6.45) is 5.06. The number of anilines is 1. The normalized spacial score (nSPS) is 20.2. The molecule has 1 aliphatic rings. The summed E-state index contributed by atoms with van der Waals surface area (Å²) >= 11 is 5.80. The van der Waals surface area contributed by atoms with E-state index in [4.69, 9.17) is 16.3 Å². The summed E-state index contributed by atoms with van der Waals surface area (Å²) in [4.78, 5) is 20.0. The number of ether oxygens (including phenoxy) is 1. The van der Waals surface area contributed by atoms with Crippen LogP contribution in [0.2, 0.25) is 5.28 Å². The van der Waals surface area contributed by atoms with E-state index in [2.05, 4.69) is 32.4 Å². The predicted octanol–water partition coefficient (Wildman–Crippen LogP) is 3.61. The summed E-state index contributed by atoms with van der Waals surface area (Å²) in [7, 11) is 1.77. The number of nitrogens with one attached hydrogen (secondary N) is 2. The summed E-state index contributed by atoms with van der Waals surface area (Å²) in [5.41, 5.74) is 0.227. The van der Waals surface area contributed by atoms with Crippen LogP contribution >= 0.6 is 11.6 Å². The van der Waals surface area contributed by atoms with E-state index in [1.54, 1.807) is 13.2 Å². The van der Waals surface area contributed by atoms with Crippen molar-refractivity contribution in [1.82, 2.24) is 15.3 Å². The monoisotopic (exact) mass is 364 g/mol. The molecule has 1 saturated carbocycles. The first-order valence-corrected chi connectivity index (χ1v) is 8.86. The molecule has 1 fully saturated rings. The van der Waals surface area contributed by atoms with Crippen LogP contribution in [0, 0.1) is 17.8 Å². The summed E-state index contributed by atoms with van der Waals surface area (Å²) in [5, 5.41) is 6.11. The third kappa shape index (κ3) is 6.43. The zero-order valence-corrected chi connectivity index (χ0v) is 15.9. The molecule has 1 amide bonds. The maximum atomic E-state index is 11.9. The molecule has 7 heteroatoms. The molecule has 0 unspecified atom stereocenters. The zero-order chi connectivity index (χ0) is 18.4. The predicted molar refractivity (Wildman–Crippen MR) is 98.6 cm³/mol. The first kappa shape index (κ1) is 19.3. The molecular weight excluding hydrogens is 340 g/mol. The van der Waals surface area contributed by atoms with E-state index in [1.165, 1.54) is 0 Å². The van der Waals surface area contributed by atoms with Crippen molar-refractivity contribution < 1.29 is 9.53 Å². The lowest BCUT2D eigenvalue weighted by atomic mass is 9.86. The third-order valence-corrected chi connectivity index (χ3v) is 3.98. The Labute approximate surface area is 154 Å². The van der Waals surface area contributed by atoms with Gasteiger partial charge in [0.05, 0.1) is 5.56 Å². The molecule has 0 bridgehead atoms. The molecule has 1 heterocycles. The van der Waals surface area contributed by atoms with Gasteiger partial charge in [-0.05, 0) is 51.6 Å². The number of rotatable bonds is 2. The number of hydrogen-bond acceptors (Lipinski definition) is 5. The van der Waals surface area contributed by atoms with Crippen molar-refractivity contribution in [2.45, 2.75) is 58.1 Å². The van der Waals surface area contributed by atoms with E-state index in [1.807, 2.05) is 20.8 Å². The fourth-order valence-corrected chi connectivity index (χ4v) is 2.88. The lowest BCUT2D eigenvalue weighted by molar-refractivity contribution is 0.0489. The maximum Gasteiger partial charge on any atom is 0.407 e. The van der Waals surface area contributed by atoms with Crippen LogP contribution in [0.15, 0.2) is 6.20 Å². The number of carbonyl (C=O) groups excluding carboxylic acids is 1. The van der Waals surface area contributed by atoms with Gasteiger partial charge in [-0.2, -0.15) is 4.98 Å². The molecule has 0 spiro atoms. The van der Waals surface area contributed by atoms with Crippen molar-refractivity contribution in [3.05, 3.63) is 17.0 Å². The molecule has 1 aliphatic carbocycles. The van der Waals surface area contributed by atoms with Gasteiger partial charge in [0.1, 0.15) is 11.4 Å². The maximum absolute atomic E-state index is 11.9. The molecule has 2 atom stereocenters. The molecule has 0 aromatic carbocycles. The van der Waals surface area contributed by atoms with Crippen molar-refractivity contribution in [3.63, 3.8) is 0 Å². The smallest absolute Gasteiger partial charge is 0.407 e. The van der Waals surface area contributed by atoms with Gasteiger partial charge in [-0.15, -0.1) is 0 Å². The number of aromatic nitrogens is 2. The molecule has 2 rings (SSSR count). The SMILES string of the molecule is CNc1nc(Cl)ncc1C#C[C@@H]1CCC[C@H](NC(=O)OC(C)(C)C)C1. The van der Waals surface area contributed by atoms with Crippen LogP contribution in [0.4, 0.5) is 10.6 Å². The van der Waals surface area contributed by atoms with Gasteiger partial charge in [-0.3, -0.25) is 0 Å². The molecule has 0 aliphatic heterocycles. The van der Waals surface area contributed by atoms with Gasteiger partial charge in [-0.25, -0.2) is 9.78 Å². The molecule has 6 nitrogen and oxygen atoms in total. The average molecular weight is 365 g/mol. The minimum Gasteiger partial charge on any atom is -0.444 e. The number of halogens is 1. The zero-order valence-electron chi connectivity index (χ0n) is 15.1. The molecule has 2 N–H and O–H groups in total. The van der Waals surface area contributed by atoms with E-state index in [0.29, 0.717) is 11.4 Å². The Kier molecular flexibility index (Phi) is 6.49. The van der Waals surface area contributed by atoms with E-state index in [0.717, 1.165) is 25.7 Å². The van der Waals surface area contributed by atoms with Crippen LogP contribution in [-0.2, 0) is 4.74 Å². The highest BCUT2D eigenvalue weighted by Gasteiger charge is 2.24. The Morgan fingerprint density at radius 1 is 1.40 bits per heavy atom. The number of alkyl carbamates (subject to hydrolysis) is 1. The van der Waals surface area contributed by atoms with E-state index in [-0.39, 0.29) is 23.3 Å². The van der Waals surface area contributed by atoms with Gasteiger partial charge in [-0.1, -0.05) is 18.3 Å². The number of amides is 1. The fourth-order valence-electron chi connectivity index (χ4n) is 2.75. The van der Waals surface area contributed by atoms with Crippen molar-refractivity contribution >= 4 is 23.5 Å². The van der Waals surface area contributed by atoms with E-state index >= 15 is 0 Å². The molecule has 136 valence electrons. The first-order valence-electron chi connectivity index (χ1n) is 8.48. The Bertz CT molecular complexity index is 676. The average Bonchev–Trinajstić information content (AvgIpc) is 2.52. The van der Waals surface area contributed by atoms with E-state index in [9.17, 15) is 4.79 Å². The summed E-state index contributed by atoms with van der Waals surface area (Å²) in [5.74, 6) is 7.25. The highest BCUT2D eigenvalue weighted by molar-refractivity contribution is 6.28. The van der Waals surface area contributed by atoms with Crippen LogP contribution in [0.1, 0.15) is 52.0 Å². The number of carbonyl (C=O) groups is 1. The highest BCUT2D eigenvalue weighted by Crippen LogP contribution is 2.24. The number of hydrogen-bond donors (Lipinski definition) is 2. The lowest BCUT2D eigenvalue weighted by Crippen LogP contribution is -2.41. The largest absolute Gasteiger partial charge is 0.444 e. The lowest BCUT2D eigenvalue weighted by Gasteiger charge is -2.28. The third-order valence-electron chi connectivity index (χ3n) is 3.80. The van der Waals surface area contributed by atoms with Crippen LogP contribution < -0.4 is 10.6 Å². The first-order chi connectivity index (χ1) is 11.8. The Balaban J connectivity index is 1.97. The van der Waals surface area contributed by atoms with Crippen LogP contribution in [0.3, 0.4) is 0 Å². The summed E-state index contributed by atoms with van der Waals surface area (Å²) in [6, 6.07) is 0.0909. The van der Waals surface area contributed by atoms with Crippen molar-refractivity contribution in [3.8, 4) is 11.8 Å². The van der Waals surface area contributed by atoms with Crippen LogP contribution in [0.5, 0.6) is 0 Å². The minimum absolute atomic E-state index is 0.0909. The molecular formula is C18H25ClN4O2. The Hall–Kier alpha value is -2.00. The summed E-state index contributed by atoms with van der Waals surface area (Å²) < 4.78 is 5.32.